The highest BCUT2D eigenvalue weighted by molar-refractivity contribution is 5.33. The number of oxazole rings is 1. The number of benzene rings is 1. The molecule has 0 atom stereocenters. The van der Waals surface area contributed by atoms with Gasteiger partial charge in [0.15, 0.2) is 0 Å². The summed E-state index contributed by atoms with van der Waals surface area (Å²) in [6.45, 7) is 3.83. The van der Waals surface area contributed by atoms with Crippen LogP contribution in [0, 0.1) is 13.8 Å². The van der Waals surface area contributed by atoms with E-state index in [2.05, 4.69) is 4.98 Å². The second-order valence-corrected chi connectivity index (χ2v) is 3.12. The number of nitrogens with zero attached hydrogens (tertiary/aromatic N) is 1. The van der Waals surface area contributed by atoms with Gasteiger partial charge in [-0.25, -0.2) is 0 Å². The highest BCUT2D eigenvalue weighted by Gasteiger charge is 2.04. The van der Waals surface area contributed by atoms with Crippen LogP contribution in [0.25, 0.3) is 0 Å². The molecule has 0 spiro atoms. The fourth-order valence-corrected chi connectivity index (χ4v) is 1.14. The first kappa shape index (κ1) is 8.81. The molecule has 3 nitrogen and oxygen atoms in total. The van der Waals surface area contributed by atoms with Gasteiger partial charge in [0.25, 0.3) is 0 Å². The smallest absolute Gasteiger partial charge is 0.399 e. The first-order chi connectivity index (χ1) is 6.75. The molecule has 1 aromatic heterocycles. The van der Waals surface area contributed by atoms with Crippen molar-refractivity contribution in [3.63, 3.8) is 0 Å². The van der Waals surface area contributed by atoms with E-state index in [1.165, 1.54) is 0 Å². The Balaban J connectivity index is 2.23. The fraction of sp³-hybridized carbons (Fsp3) is 0.182. The predicted molar refractivity (Wildman–Crippen MR) is 52.5 cm³/mol. The summed E-state index contributed by atoms with van der Waals surface area (Å²) in [5, 5.41) is 0. The van der Waals surface area contributed by atoms with Crippen molar-refractivity contribution in [1.82, 2.24) is 4.98 Å². The minimum absolute atomic E-state index is 0.289. The van der Waals surface area contributed by atoms with Crippen molar-refractivity contribution in [2.45, 2.75) is 13.8 Å². The van der Waals surface area contributed by atoms with Gasteiger partial charge in [-0.1, -0.05) is 18.2 Å². The van der Waals surface area contributed by atoms with Crippen LogP contribution >= 0.6 is 0 Å². The van der Waals surface area contributed by atoms with Crippen molar-refractivity contribution in [1.29, 1.82) is 0 Å². The maximum Gasteiger partial charge on any atom is 0.399 e. The van der Waals surface area contributed by atoms with Crippen molar-refractivity contribution in [2.75, 3.05) is 0 Å². The zero-order valence-corrected chi connectivity index (χ0v) is 8.15. The lowest BCUT2D eigenvalue weighted by Crippen LogP contribution is -1.86. The molecule has 0 bridgehead atoms. The summed E-state index contributed by atoms with van der Waals surface area (Å²) in [5.74, 6) is 0.773. The molecule has 0 saturated heterocycles. The Hall–Kier alpha value is -1.77. The van der Waals surface area contributed by atoms with E-state index in [4.69, 9.17) is 9.15 Å². The van der Waals surface area contributed by atoms with Crippen LogP contribution in [0.1, 0.15) is 11.3 Å². The van der Waals surface area contributed by atoms with E-state index in [1.54, 1.807) is 6.26 Å². The van der Waals surface area contributed by atoms with Gasteiger partial charge < -0.3 is 9.15 Å². The molecule has 0 unspecified atom stereocenters. The first-order valence-electron chi connectivity index (χ1n) is 4.41. The number of hydrogen-bond donors (Lipinski definition) is 0. The summed E-state index contributed by atoms with van der Waals surface area (Å²) in [6, 6.07) is 7.74. The van der Waals surface area contributed by atoms with E-state index in [1.807, 2.05) is 38.1 Å². The van der Waals surface area contributed by atoms with Gasteiger partial charge >= 0.3 is 6.08 Å². The van der Waals surface area contributed by atoms with Crippen molar-refractivity contribution in [3.8, 4) is 11.8 Å². The summed E-state index contributed by atoms with van der Waals surface area (Å²) in [5.41, 5.74) is 1.87. The normalized spacial score (nSPS) is 10.1. The van der Waals surface area contributed by atoms with Crippen LogP contribution in [0.2, 0.25) is 0 Å². The van der Waals surface area contributed by atoms with E-state index in [-0.39, 0.29) is 6.08 Å². The van der Waals surface area contributed by atoms with E-state index in [9.17, 15) is 0 Å². The largest absolute Gasteiger partial charge is 0.417 e. The third kappa shape index (κ3) is 1.76. The third-order valence-corrected chi connectivity index (χ3v) is 1.89. The Labute approximate surface area is 82.3 Å². The Morgan fingerprint density at radius 2 is 2.00 bits per heavy atom. The first-order valence-corrected chi connectivity index (χ1v) is 4.41. The average molecular weight is 189 g/mol. The number of rotatable bonds is 2. The molecule has 0 radical (unpaired) electrons. The molecule has 0 aliphatic rings. The Bertz CT molecular complexity index is 434. The summed E-state index contributed by atoms with van der Waals surface area (Å²) < 4.78 is 10.5. The second kappa shape index (κ2) is 3.54. The van der Waals surface area contributed by atoms with Gasteiger partial charge in [-0.2, -0.15) is 4.98 Å². The molecule has 2 aromatic rings. The molecule has 0 fully saturated rings. The van der Waals surface area contributed by atoms with Crippen molar-refractivity contribution in [2.24, 2.45) is 0 Å². The van der Waals surface area contributed by atoms with Crippen molar-refractivity contribution in [3.05, 3.63) is 41.8 Å². The number of ether oxygens (including phenoxy) is 1. The van der Waals surface area contributed by atoms with Crippen LogP contribution in [-0.4, -0.2) is 4.98 Å². The maximum absolute atomic E-state index is 5.45. The van der Waals surface area contributed by atoms with Crippen LogP contribution < -0.4 is 4.74 Å². The third-order valence-electron chi connectivity index (χ3n) is 1.89. The zero-order chi connectivity index (χ0) is 9.97. The Morgan fingerprint density at radius 1 is 1.21 bits per heavy atom. The van der Waals surface area contributed by atoms with Crippen LogP contribution in [-0.2, 0) is 0 Å². The predicted octanol–water partition coefficient (Wildman–Crippen LogP) is 3.08. The number of aromatic nitrogens is 1. The lowest BCUT2D eigenvalue weighted by Gasteiger charge is -2.02. The van der Waals surface area contributed by atoms with E-state index in [0.29, 0.717) is 0 Å². The van der Waals surface area contributed by atoms with E-state index >= 15 is 0 Å². The van der Waals surface area contributed by atoms with Gasteiger partial charge in [-0.3, -0.25) is 0 Å². The molecule has 1 heterocycles. The summed E-state index contributed by atoms with van der Waals surface area (Å²) in [4.78, 5) is 4.06. The van der Waals surface area contributed by atoms with Crippen LogP contribution in [0.3, 0.4) is 0 Å². The second-order valence-electron chi connectivity index (χ2n) is 3.12. The molecule has 2 rings (SSSR count). The number of aryl methyl sites for hydroxylation is 2. The van der Waals surface area contributed by atoms with Crippen LogP contribution in [0.15, 0.2) is 34.9 Å². The molecule has 3 heteroatoms. The summed E-state index contributed by atoms with van der Waals surface area (Å²) in [7, 11) is 0. The highest BCUT2D eigenvalue weighted by Crippen LogP contribution is 2.23. The number of hydrogen-bond acceptors (Lipinski definition) is 3. The van der Waals surface area contributed by atoms with Crippen molar-refractivity contribution < 1.29 is 9.15 Å². The maximum atomic E-state index is 5.45. The molecule has 14 heavy (non-hydrogen) atoms. The quantitative estimate of drug-likeness (QED) is 0.728. The molecule has 0 aliphatic heterocycles. The summed E-state index contributed by atoms with van der Waals surface area (Å²) >= 11 is 0. The van der Waals surface area contributed by atoms with Gasteiger partial charge in [-0.15, -0.1) is 0 Å². The monoisotopic (exact) mass is 189 g/mol. The molecule has 72 valence electrons. The molecular formula is C11H11NO2. The fourth-order valence-electron chi connectivity index (χ4n) is 1.14. The molecule has 0 saturated carbocycles. The van der Waals surface area contributed by atoms with E-state index in [0.717, 1.165) is 17.0 Å². The van der Waals surface area contributed by atoms with Crippen molar-refractivity contribution >= 4 is 0 Å². The SMILES string of the molecule is Cc1coc(Oc2ccccc2C)n1. The molecule has 0 N–H and O–H groups in total. The molecule has 0 amide bonds. The van der Waals surface area contributed by atoms with E-state index < -0.39 is 0 Å². The molecular weight excluding hydrogens is 178 g/mol. The topological polar surface area (TPSA) is 35.3 Å². The minimum atomic E-state index is 0.289. The van der Waals surface area contributed by atoms with Gasteiger partial charge in [0, 0.05) is 0 Å². The van der Waals surface area contributed by atoms with Crippen LogP contribution in [0.5, 0.6) is 11.8 Å². The van der Waals surface area contributed by atoms with Gasteiger partial charge in [0.1, 0.15) is 12.0 Å². The lowest BCUT2D eigenvalue weighted by atomic mass is 10.2. The zero-order valence-electron chi connectivity index (χ0n) is 8.15. The Kier molecular flexibility index (Phi) is 2.23. The standard InChI is InChI=1S/C11H11NO2/c1-8-5-3-4-6-10(8)14-11-12-9(2)7-13-11/h3-7H,1-2H3. The minimum Gasteiger partial charge on any atom is -0.417 e. The highest BCUT2D eigenvalue weighted by atomic mass is 16.6. The summed E-state index contributed by atoms with van der Waals surface area (Å²) in [6.07, 6.45) is 1.85. The van der Waals surface area contributed by atoms with Gasteiger partial charge in [0.05, 0.1) is 5.69 Å². The lowest BCUT2D eigenvalue weighted by molar-refractivity contribution is 0.329. The van der Waals surface area contributed by atoms with Crippen LogP contribution in [0.4, 0.5) is 0 Å². The molecule has 1 aromatic carbocycles. The van der Waals surface area contributed by atoms with Gasteiger partial charge in [-0.05, 0) is 25.5 Å². The van der Waals surface area contributed by atoms with Gasteiger partial charge in [0.2, 0.25) is 0 Å². The molecule has 0 aliphatic carbocycles. The number of para-hydroxylation sites is 1. The Morgan fingerprint density at radius 3 is 2.64 bits per heavy atom. The average Bonchev–Trinajstić information content (AvgIpc) is 2.56.